The Hall–Kier alpha value is -2.50. The topological polar surface area (TPSA) is 92.5 Å². The fourth-order valence-corrected chi connectivity index (χ4v) is 1.76. The number of nitrogens with two attached hydrogens (primary N) is 2. The molecule has 6 N–H and O–H groups in total. The molecule has 19 heavy (non-hydrogen) atoms. The molecular weight excluding hydrogens is 254 g/mol. The third-order valence-electron chi connectivity index (χ3n) is 2.74. The van der Waals surface area contributed by atoms with Crippen molar-refractivity contribution >= 4 is 11.4 Å². The van der Waals surface area contributed by atoms with E-state index < -0.39 is 11.6 Å². The number of benzene rings is 2. The first-order chi connectivity index (χ1) is 8.88. The normalized spacial score (nSPS) is 10.6. The molecule has 0 atom stereocenters. The molecule has 0 aliphatic rings. The van der Waals surface area contributed by atoms with E-state index in [-0.39, 0.29) is 29.3 Å². The maximum atomic E-state index is 13.3. The van der Waals surface area contributed by atoms with Gasteiger partial charge in [-0.25, -0.2) is 8.78 Å². The van der Waals surface area contributed by atoms with Crippen LogP contribution in [-0.4, -0.2) is 10.2 Å². The van der Waals surface area contributed by atoms with Crippen molar-refractivity contribution in [3.8, 4) is 11.5 Å². The fourth-order valence-electron chi connectivity index (χ4n) is 1.76. The van der Waals surface area contributed by atoms with E-state index >= 15 is 0 Å². The van der Waals surface area contributed by atoms with Crippen LogP contribution in [0.2, 0.25) is 0 Å². The summed E-state index contributed by atoms with van der Waals surface area (Å²) in [6.45, 7) is 0. The second-order valence-electron chi connectivity index (χ2n) is 4.20. The van der Waals surface area contributed by atoms with Crippen molar-refractivity contribution in [2.24, 2.45) is 0 Å². The molecule has 0 fully saturated rings. The molecule has 0 saturated heterocycles. The average molecular weight is 266 g/mol. The van der Waals surface area contributed by atoms with Crippen LogP contribution in [0, 0.1) is 11.6 Å². The van der Waals surface area contributed by atoms with Gasteiger partial charge in [0.05, 0.1) is 0 Å². The number of aromatic hydroxyl groups is 2. The van der Waals surface area contributed by atoms with E-state index in [1.54, 1.807) is 0 Å². The van der Waals surface area contributed by atoms with Crippen molar-refractivity contribution in [1.82, 2.24) is 0 Å². The van der Waals surface area contributed by atoms with Crippen LogP contribution in [0.3, 0.4) is 0 Å². The highest BCUT2D eigenvalue weighted by molar-refractivity contribution is 5.57. The summed E-state index contributed by atoms with van der Waals surface area (Å²) in [5.74, 6) is -2.27. The molecule has 4 nitrogen and oxygen atoms in total. The predicted molar refractivity (Wildman–Crippen MR) is 67.8 cm³/mol. The monoisotopic (exact) mass is 266 g/mol. The van der Waals surface area contributed by atoms with Crippen LogP contribution >= 0.6 is 0 Å². The predicted octanol–water partition coefficient (Wildman–Crippen LogP) is 2.13. The molecule has 0 aliphatic carbocycles. The van der Waals surface area contributed by atoms with Gasteiger partial charge in [-0.1, -0.05) is 0 Å². The lowest BCUT2D eigenvalue weighted by Crippen LogP contribution is -1.97. The number of hydrogen-bond acceptors (Lipinski definition) is 4. The molecular formula is C13H12F2N2O2. The van der Waals surface area contributed by atoms with Gasteiger partial charge in [-0.15, -0.1) is 0 Å². The van der Waals surface area contributed by atoms with Crippen molar-refractivity contribution in [2.45, 2.75) is 6.42 Å². The molecule has 0 saturated carbocycles. The summed E-state index contributed by atoms with van der Waals surface area (Å²) in [5.41, 5.74) is 10.7. The van der Waals surface area contributed by atoms with Gasteiger partial charge < -0.3 is 21.7 Å². The lowest BCUT2D eigenvalue weighted by atomic mass is 10.0. The quantitative estimate of drug-likeness (QED) is 0.495. The first-order valence-corrected chi connectivity index (χ1v) is 5.42. The van der Waals surface area contributed by atoms with Crippen molar-refractivity contribution in [1.29, 1.82) is 0 Å². The third-order valence-corrected chi connectivity index (χ3v) is 2.74. The molecule has 2 rings (SSSR count). The highest BCUT2D eigenvalue weighted by Crippen LogP contribution is 2.29. The molecule has 0 aromatic heterocycles. The number of halogens is 2. The van der Waals surface area contributed by atoms with Gasteiger partial charge in [0.2, 0.25) is 0 Å². The van der Waals surface area contributed by atoms with E-state index in [4.69, 9.17) is 11.5 Å². The van der Waals surface area contributed by atoms with Crippen LogP contribution in [0.4, 0.5) is 20.2 Å². The summed E-state index contributed by atoms with van der Waals surface area (Å²) < 4.78 is 26.7. The zero-order valence-electron chi connectivity index (χ0n) is 9.82. The van der Waals surface area contributed by atoms with E-state index in [1.807, 2.05) is 0 Å². The van der Waals surface area contributed by atoms with Crippen molar-refractivity contribution in [3.05, 3.63) is 47.0 Å². The van der Waals surface area contributed by atoms with E-state index in [9.17, 15) is 19.0 Å². The molecule has 0 aliphatic heterocycles. The molecule has 2 aromatic rings. The van der Waals surface area contributed by atoms with Crippen LogP contribution in [0.15, 0.2) is 24.3 Å². The van der Waals surface area contributed by atoms with E-state index in [2.05, 4.69) is 0 Å². The Morgan fingerprint density at radius 3 is 1.47 bits per heavy atom. The van der Waals surface area contributed by atoms with Gasteiger partial charge in [0.25, 0.3) is 0 Å². The average Bonchev–Trinajstić information content (AvgIpc) is 2.33. The van der Waals surface area contributed by atoms with Gasteiger partial charge in [0.15, 0.2) is 0 Å². The van der Waals surface area contributed by atoms with Gasteiger partial charge in [-0.05, 0) is 41.8 Å². The molecule has 0 unspecified atom stereocenters. The number of anilines is 2. The highest BCUT2D eigenvalue weighted by Gasteiger charge is 2.10. The summed E-state index contributed by atoms with van der Waals surface area (Å²) >= 11 is 0. The standard InChI is InChI=1S/C13H12F2N2O2/c14-8-2-6(4-10(18)12(8)16)1-7-3-9(15)13(17)11(19)5-7/h2-5,18-19H,1,16-17H2. The Labute approximate surface area is 107 Å². The number of phenols is 2. The molecule has 0 radical (unpaired) electrons. The molecule has 2 aromatic carbocycles. The number of phenolic OH excluding ortho intramolecular Hbond substituents is 2. The van der Waals surface area contributed by atoms with Crippen molar-refractivity contribution < 1.29 is 19.0 Å². The minimum absolute atomic E-state index is 0.121. The number of rotatable bonds is 2. The van der Waals surface area contributed by atoms with Crippen molar-refractivity contribution in [3.63, 3.8) is 0 Å². The Morgan fingerprint density at radius 1 is 0.789 bits per heavy atom. The SMILES string of the molecule is Nc1c(O)cc(Cc2cc(O)c(N)c(F)c2)cc1F. The van der Waals surface area contributed by atoms with E-state index in [1.165, 1.54) is 12.1 Å². The maximum Gasteiger partial charge on any atom is 0.150 e. The maximum absolute atomic E-state index is 13.3. The summed E-state index contributed by atoms with van der Waals surface area (Å²) in [5, 5.41) is 18.8. The molecule has 0 amide bonds. The molecule has 100 valence electrons. The Morgan fingerprint density at radius 2 is 1.16 bits per heavy atom. The second kappa shape index (κ2) is 4.64. The van der Waals surface area contributed by atoms with Gasteiger partial charge in [-0.3, -0.25) is 0 Å². The molecule has 0 heterocycles. The van der Waals surface area contributed by atoms with Gasteiger partial charge in [-0.2, -0.15) is 0 Å². The second-order valence-corrected chi connectivity index (χ2v) is 4.20. The summed E-state index contributed by atoms with van der Waals surface area (Å²) in [6.07, 6.45) is 0.121. The fraction of sp³-hybridized carbons (Fsp3) is 0.0769. The minimum Gasteiger partial charge on any atom is -0.506 e. The Balaban J connectivity index is 2.36. The Bertz CT molecular complexity index is 543. The smallest absolute Gasteiger partial charge is 0.150 e. The zero-order chi connectivity index (χ0) is 14.2. The lowest BCUT2D eigenvalue weighted by Gasteiger charge is -2.08. The zero-order valence-corrected chi connectivity index (χ0v) is 9.82. The van der Waals surface area contributed by atoms with Crippen LogP contribution in [-0.2, 0) is 6.42 Å². The van der Waals surface area contributed by atoms with Gasteiger partial charge in [0, 0.05) is 0 Å². The van der Waals surface area contributed by atoms with E-state index in [0.29, 0.717) is 11.1 Å². The summed E-state index contributed by atoms with van der Waals surface area (Å²) in [6, 6.07) is 4.84. The summed E-state index contributed by atoms with van der Waals surface area (Å²) in [7, 11) is 0. The first kappa shape index (κ1) is 12.9. The largest absolute Gasteiger partial charge is 0.506 e. The number of nitrogen functional groups attached to an aromatic ring is 2. The number of hydrogen-bond donors (Lipinski definition) is 4. The van der Waals surface area contributed by atoms with Crippen LogP contribution in [0.1, 0.15) is 11.1 Å². The third kappa shape index (κ3) is 2.52. The Kier molecular flexibility index (Phi) is 3.16. The van der Waals surface area contributed by atoms with E-state index in [0.717, 1.165) is 12.1 Å². The van der Waals surface area contributed by atoms with Gasteiger partial charge >= 0.3 is 0 Å². The van der Waals surface area contributed by atoms with Crippen LogP contribution < -0.4 is 11.5 Å². The van der Waals surface area contributed by atoms with Crippen LogP contribution in [0.5, 0.6) is 11.5 Å². The van der Waals surface area contributed by atoms with Gasteiger partial charge in [0.1, 0.15) is 34.5 Å². The molecule has 0 bridgehead atoms. The highest BCUT2D eigenvalue weighted by atomic mass is 19.1. The van der Waals surface area contributed by atoms with Crippen LogP contribution in [0.25, 0.3) is 0 Å². The summed E-state index contributed by atoms with van der Waals surface area (Å²) in [4.78, 5) is 0. The molecule has 6 heteroatoms. The first-order valence-electron chi connectivity index (χ1n) is 5.42. The lowest BCUT2D eigenvalue weighted by molar-refractivity contribution is 0.471. The van der Waals surface area contributed by atoms with Crippen molar-refractivity contribution in [2.75, 3.05) is 11.5 Å². The minimum atomic E-state index is -0.755. The molecule has 0 spiro atoms.